The zero-order valence-corrected chi connectivity index (χ0v) is 20.6. The third-order valence-electron chi connectivity index (χ3n) is 5.79. The molecule has 2 aromatic rings. The summed E-state index contributed by atoms with van der Waals surface area (Å²) in [4.78, 5) is 14.8. The van der Waals surface area contributed by atoms with Crippen LogP contribution in [-0.4, -0.2) is 63.4 Å². The molecule has 1 saturated heterocycles. The molecule has 8 heteroatoms. The molecule has 0 radical (unpaired) electrons. The fourth-order valence-corrected chi connectivity index (χ4v) is 5.44. The molecule has 1 aliphatic rings. The van der Waals surface area contributed by atoms with E-state index in [2.05, 4.69) is 19.2 Å². The van der Waals surface area contributed by atoms with Crippen molar-refractivity contribution in [1.82, 2.24) is 14.5 Å². The van der Waals surface area contributed by atoms with Gasteiger partial charge >= 0.3 is 0 Å². The molecule has 7 nitrogen and oxygen atoms in total. The van der Waals surface area contributed by atoms with Crippen LogP contribution in [0.15, 0.2) is 53.4 Å². The Balaban J connectivity index is 1.83. The fraction of sp³-hybridized carbons (Fsp3) is 0.480. The van der Waals surface area contributed by atoms with E-state index in [-0.39, 0.29) is 30.3 Å². The number of nitrogens with one attached hydrogen (secondary N) is 1. The molecule has 0 unspecified atom stereocenters. The van der Waals surface area contributed by atoms with Gasteiger partial charge in [-0.1, -0.05) is 44.2 Å². The van der Waals surface area contributed by atoms with Gasteiger partial charge in [0.2, 0.25) is 15.9 Å². The van der Waals surface area contributed by atoms with Crippen molar-refractivity contribution in [2.24, 2.45) is 5.92 Å². The summed E-state index contributed by atoms with van der Waals surface area (Å²) in [5.74, 6) is 1.09. The number of benzene rings is 2. The molecule has 3 rings (SSSR count). The van der Waals surface area contributed by atoms with E-state index >= 15 is 0 Å². The van der Waals surface area contributed by atoms with E-state index < -0.39 is 10.0 Å². The molecule has 0 bridgehead atoms. The summed E-state index contributed by atoms with van der Waals surface area (Å²) in [5, 5.41) is 3.23. The number of sulfonamides is 1. The molecule has 2 aromatic carbocycles. The van der Waals surface area contributed by atoms with Crippen molar-refractivity contribution in [2.45, 2.75) is 38.1 Å². The zero-order valence-electron chi connectivity index (χ0n) is 19.8. The second kappa shape index (κ2) is 11.6. The molecule has 1 heterocycles. The minimum absolute atomic E-state index is 0.0241. The number of carbonyl (C=O) groups is 1. The van der Waals surface area contributed by atoms with E-state index in [1.54, 1.807) is 24.1 Å². The first-order chi connectivity index (χ1) is 15.8. The number of para-hydroxylation sites is 1. The van der Waals surface area contributed by atoms with Gasteiger partial charge in [0.25, 0.3) is 0 Å². The number of amides is 1. The van der Waals surface area contributed by atoms with Crippen LogP contribution in [0.4, 0.5) is 0 Å². The first-order valence-corrected chi connectivity index (χ1v) is 12.9. The van der Waals surface area contributed by atoms with Gasteiger partial charge in [-0.25, -0.2) is 8.42 Å². The lowest BCUT2D eigenvalue weighted by Crippen LogP contribution is -2.47. The predicted molar refractivity (Wildman–Crippen MR) is 130 cm³/mol. The Morgan fingerprint density at radius 1 is 1.09 bits per heavy atom. The lowest BCUT2D eigenvalue weighted by Gasteiger charge is -2.29. The monoisotopic (exact) mass is 473 g/mol. The van der Waals surface area contributed by atoms with E-state index in [9.17, 15) is 13.2 Å². The van der Waals surface area contributed by atoms with Crippen LogP contribution in [0, 0.1) is 5.92 Å². The number of hydrogen-bond acceptors (Lipinski definition) is 5. The third-order valence-corrected chi connectivity index (χ3v) is 7.65. The van der Waals surface area contributed by atoms with Crippen molar-refractivity contribution in [3.63, 3.8) is 0 Å². The summed E-state index contributed by atoms with van der Waals surface area (Å²) < 4.78 is 34.0. The Morgan fingerprint density at radius 2 is 1.76 bits per heavy atom. The second-order valence-corrected chi connectivity index (χ2v) is 10.7. The quantitative estimate of drug-likeness (QED) is 0.574. The van der Waals surface area contributed by atoms with Crippen LogP contribution < -0.4 is 10.1 Å². The maximum absolute atomic E-state index is 13.6. The normalized spacial score (nSPS) is 14.6. The van der Waals surface area contributed by atoms with Crippen LogP contribution in [0.5, 0.6) is 5.75 Å². The molecule has 0 atom stereocenters. The molecule has 1 amide bonds. The topological polar surface area (TPSA) is 79.0 Å². The average Bonchev–Trinajstić information content (AvgIpc) is 2.82. The van der Waals surface area contributed by atoms with E-state index in [4.69, 9.17) is 4.74 Å². The van der Waals surface area contributed by atoms with E-state index in [0.717, 1.165) is 30.6 Å². The van der Waals surface area contributed by atoms with Crippen LogP contribution in [0.1, 0.15) is 31.4 Å². The lowest BCUT2D eigenvalue weighted by molar-refractivity contribution is -0.131. The van der Waals surface area contributed by atoms with Gasteiger partial charge in [-0.3, -0.25) is 4.79 Å². The fourth-order valence-electron chi connectivity index (χ4n) is 4.02. The number of ether oxygens (including phenoxy) is 1. The van der Waals surface area contributed by atoms with Gasteiger partial charge in [0.15, 0.2) is 0 Å². The Hall–Kier alpha value is -2.42. The highest BCUT2D eigenvalue weighted by Crippen LogP contribution is 2.25. The van der Waals surface area contributed by atoms with E-state index in [1.165, 1.54) is 4.31 Å². The van der Waals surface area contributed by atoms with Crippen LogP contribution >= 0.6 is 0 Å². The first kappa shape index (κ1) is 25.2. The minimum Gasteiger partial charge on any atom is -0.496 e. The van der Waals surface area contributed by atoms with Gasteiger partial charge in [-0.05, 0) is 36.1 Å². The molecule has 180 valence electrons. The molecule has 1 N–H and O–H groups in total. The standard InChI is InChI=1S/C25H35N3O4S/c1-20(2)18-21-8-10-23(11-9-21)33(30,31)28(19-22-6-4-5-7-24(22)32-3)15-12-25(29)27-16-13-26-14-17-27/h4-11,20,26H,12-19H2,1-3H3. The predicted octanol–water partition coefficient (Wildman–Crippen LogP) is 2.91. The van der Waals surface area contributed by atoms with Gasteiger partial charge < -0.3 is 15.0 Å². The van der Waals surface area contributed by atoms with Crippen molar-refractivity contribution in [2.75, 3.05) is 39.8 Å². The van der Waals surface area contributed by atoms with Gasteiger partial charge in [0.1, 0.15) is 5.75 Å². The van der Waals surface area contributed by atoms with Crippen molar-refractivity contribution in [1.29, 1.82) is 0 Å². The molecule has 0 spiro atoms. The highest BCUT2D eigenvalue weighted by Gasteiger charge is 2.27. The average molecular weight is 474 g/mol. The number of nitrogens with zero attached hydrogens (tertiary/aromatic N) is 2. The summed E-state index contributed by atoms with van der Waals surface area (Å²) in [6.45, 7) is 7.33. The number of carbonyl (C=O) groups excluding carboxylic acids is 1. The van der Waals surface area contributed by atoms with Gasteiger partial charge in [-0.2, -0.15) is 4.31 Å². The molecule has 1 fully saturated rings. The summed E-state index contributed by atoms with van der Waals surface area (Å²) in [7, 11) is -2.23. The lowest BCUT2D eigenvalue weighted by atomic mass is 10.0. The zero-order chi connectivity index (χ0) is 23.8. The van der Waals surface area contributed by atoms with Crippen LogP contribution in [0.3, 0.4) is 0 Å². The Bertz CT molecular complexity index is 1020. The van der Waals surface area contributed by atoms with E-state index in [1.807, 2.05) is 36.4 Å². The number of rotatable bonds is 10. The number of hydrogen-bond donors (Lipinski definition) is 1. The van der Waals surface area contributed by atoms with Gasteiger partial charge in [-0.15, -0.1) is 0 Å². The molecular weight excluding hydrogens is 438 g/mol. The molecule has 0 aromatic heterocycles. The Kier molecular flexibility index (Phi) is 8.88. The third kappa shape index (κ3) is 6.79. The van der Waals surface area contributed by atoms with Crippen molar-refractivity contribution in [3.8, 4) is 5.75 Å². The molecule has 0 saturated carbocycles. The SMILES string of the molecule is COc1ccccc1CN(CCC(=O)N1CCNCC1)S(=O)(=O)c1ccc(CC(C)C)cc1. The maximum atomic E-state index is 13.6. The first-order valence-electron chi connectivity index (χ1n) is 11.5. The summed E-state index contributed by atoms with van der Waals surface area (Å²) in [5.41, 5.74) is 1.86. The largest absolute Gasteiger partial charge is 0.496 e. The maximum Gasteiger partial charge on any atom is 0.243 e. The van der Waals surface area contributed by atoms with Crippen LogP contribution in [0.25, 0.3) is 0 Å². The number of piperazine rings is 1. The highest BCUT2D eigenvalue weighted by molar-refractivity contribution is 7.89. The Morgan fingerprint density at radius 3 is 2.39 bits per heavy atom. The van der Waals surface area contributed by atoms with Crippen molar-refractivity contribution >= 4 is 15.9 Å². The number of methoxy groups -OCH3 is 1. The minimum atomic E-state index is -3.80. The summed E-state index contributed by atoms with van der Waals surface area (Å²) in [6, 6.07) is 14.5. The molecule has 33 heavy (non-hydrogen) atoms. The second-order valence-electron chi connectivity index (χ2n) is 8.77. The summed E-state index contributed by atoms with van der Waals surface area (Å²) >= 11 is 0. The van der Waals surface area contributed by atoms with Crippen molar-refractivity contribution < 1.29 is 17.9 Å². The smallest absolute Gasteiger partial charge is 0.243 e. The van der Waals surface area contributed by atoms with E-state index in [0.29, 0.717) is 24.8 Å². The molecular formula is C25H35N3O4S. The molecule has 1 aliphatic heterocycles. The van der Waals surface area contributed by atoms with Crippen LogP contribution in [0.2, 0.25) is 0 Å². The van der Waals surface area contributed by atoms with Crippen molar-refractivity contribution in [3.05, 3.63) is 59.7 Å². The summed E-state index contributed by atoms with van der Waals surface area (Å²) in [6.07, 6.45) is 1.03. The molecule has 0 aliphatic carbocycles. The highest BCUT2D eigenvalue weighted by atomic mass is 32.2. The van der Waals surface area contributed by atoms with Crippen LogP contribution in [-0.2, 0) is 27.8 Å². The van der Waals surface area contributed by atoms with Gasteiger partial charge in [0, 0.05) is 51.3 Å². The Labute approximate surface area is 197 Å². The van der Waals surface area contributed by atoms with Gasteiger partial charge in [0.05, 0.1) is 12.0 Å².